The van der Waals surface area contributed by atoms with Crippen LogP contribution in [0.25, 0.3) is 16.9 Å². The van der Waals surface area contributed by atoms with Gasteiger partial charge in [-0.2, -0.15) is 0 Å². The van der Waals surface area contributed by atoms with Gasteiger partial charge in [-0.15, -0.1) is 12.4 Å². The highest BCUT2D eigenvalue weighted by Crippen LogP contribution is 2.30. The van der Waals surface area contributed by atoms with Crippen LogP contribution in [0.4, 0.5) is 0 Å². The molecule has 4 rings (SSSR count). The van der Waals surface area contributed by atoms with E-state index in [0.29, 0.717) is 6.61 Å². The first-order valence-corrected chi connectivity index (χ1v) is 10.4. The van der Waals surface area contributed by atoms with Crippen molar-refractivity contribution in [2.45, 2.75) is 46.6 Å². The molecule has 0 aliphatic rings. The van der Waals surface area contributed by atoms with Crippen LogP contribution in [0.1, 0.15) is 42.1 Å². The molecule has 0 radical (unpaired) electrons. The van der Waals surface area contributed by atoms with Gasteiger partial charge in [-0.05, 0) is 55.5 Å². The summed E-state index contributed by atoms with van der Waals surface area (Å²) in [6.45, 7) is 6.95. The number of rotatable bonds is 7. The Balaban J connectivity index is 0.00000256. The fourth-order valence-electron chi connectivity index (χ4n) is 3.75. The van der Waals surface area contributed by atoms with E-state index in [1.807, 2.05) is 18.2 Å². The Bertz CT molecular complexity index is 1120. The molecule has 0 aliphatic heterocycles. The van der Waals surface area contributed by atoms with Crippen molar-refractivity contribution >= 4 is 18.1 Å². The zero-order valence-electron chi connectivity index (χ0n) is 17.9. The first kappa shape index (κ1) is 21.9. The monoisotopic (exact) mass is 420 g/mol. The minimum absolute atomic E-state index is 0. The van der Waals surface area contributed by atoms with Crippen LogP contribution >= 0.6 is 12.4 Å². The molecular weight excluding hydrogens is 392 g/mol. The van der Waals surface area contributed by atoms with Gasteiger partial charge >= 0.3 is 0 Å². The van der Waals surface area contributed by atoms with Crippen molar-refractivity contribution in [1.82, 2.24) is 9.38 Å². The Morgan fingerprint density at radius 1 is 0.933 bits per heavy atom. The van der Waals surface area contributed by atoms with Gasteiger partial charge in [-0.3, -0.25) is 4.40 Å². The average molecular weight is 421 g/mol. The van der Waals surface area contributed by atoms with Crippen molar-refractivity contribution in [2.75, 3.05) is 0 Å². The molecular formula is C26H29ClN2O. The van der Waals surface area contributed by atoms with E-state index in [1.165, 1.54) is 35.1 Å². The number of aryl methyl sites for hydroxylation is 3. The van der Waals surface area contributed by atoms with Gasteiger partial charge in [0.2, 0.25) is 0 Å². The van der Waals surface area contributed by atoms with Gasteiger partial charge in [-0.25, -0.2) is 4.98 Å². The lowest BCUT2D eigenvalue weighted by atomic mass is 10.0. The predicted molar refractivity (Wildman–Crippen MR) is 127 cm³/mol. The molecule has 0 aliphatic carbocycles. The molecule has 0 bridgehead atoms. The van der Waals surface area contributed by atoms with Crippen LogP contribution in [0.2, 0.25) is 0 Å². The first-order chi connectivity index (χ1) is 14.2. The maximum Gasteiger partial charge on any atom is 0.180 e. The molecule has 0 saturated heterocycles. The van der Waals surface area contributed by atoms with Crippen molar-refractivity contribution in [3.8, 4) is 17.0 Å². The number of halogens is 1. The lowest BCUT2D eigenvalue weighted by Gasteiger charge is -2.10. The van der Waals surface area contributed by atoms with Gasteiger partial charge in [0.05, 0.1) is 11.4 Å². The van der Waals surface area contributed by atoms with Crippen LogP contribution in [0.5, 0.6) is 5.75 Å². The van der Waals surface area contributed by atoms with Gasteiger partial charge in [0, 0.05) is 11.8 Å². The maximum atomic E-state index is 6.17. The molecule has 2 aromatic carbocycles. The molecule has 0 fully saturated rings. The normalized spacial score (nSPS) is 10.8. The van der Waals surface area contributed by atoms with Gasteiger partial charge in [0.1, 0.15) is 6.61 Å². The van der Waals surface area contributed by atoms with E-state index < -0.39 is 0 Å². The number of pyridine rings is 1. The number of fused-ring (bicyclic) bond motifs is 1. The molecule has 0 atom stereocenters. The summed E-state index contributed by atoms with van der Waals surface area (Å²) in [4.78, 5) is 4.83. The molecule has 0 N–H and O–H groups in total. The molecule has 2 aromatic heterocycles. The summed E-state index contributed by atoms with van der Waals surface area (Å²) < 4.78 is 8.31. The van der Waals surface area contributed by atoms with E-state index in [0.717, 1.165) is 29.2 Å². The first-order valence-electron chi connectivity index (χ1n) is 10.4. The minimum atomic E-state index is 0. The number of hydrogen-bond acceptors (Lipinski definition) is 2. The molecule has 0 spiro atoms. The van der Waals surface area contributed by atoms with Gasteiger partial charge < -0.3 is 4.74 Å². The van der Waals surface area contributed by atoms with Crippen LogP contribution < -0.4 is 4.74 Å². The van der Waals surface area contributed by atoms with Crippen LogP contribution in [0.15, 0.2) is 66.9 Å². The quantitative estimate of drug-likeness (QED) is 0.323. The number of hydrogen-bond donors (Lipinski definition) is 0. The van der Waals surface area contributed by atoms with Crippen LogP contribution in [0, 0.1) is 13.8 Å². The second-order valence-electron chi connectivity index (χ2n) is 7.63. The van der Waals surface area contributed by atoms with Crippen molar-refractivity contribution in [3.63, 3.8) is 0 Å². The Hall–Kier alpha value is -2.78. The predicted octanol–water partition coefficient (Wildman–Crippen LogP) is 6.96. The molecule has 4 aromatic rings. The summed E-state index contributed by atoms with van der Waals surface area (Å²) in [5.74, 6) is 0.810. The maximum absolute atomic E-state index is 6.17. The van der Waals surface area contributed by atoms with Gasteiger partial charge in [-0.1, -0.05) is 61.9 Å². The summed E-state index contributed by atoms with van der Waals surface area (Å²) >= 11 is 0. The number of unbranched alkanes of at least 4 members (excludes halogenated alkanes) is 1. The standard InChI is InChI=1S/C26H28N2O.ClH/c1-4-5-10-21-13-15-22(16-14-21)25-20(3)27-26-24(12-8-17-28(25)26)29-18-23-11-7-6-9-19(23)2;/h6-9,11-17H,4-5,10,18H2,1-3H3;1H. The number of nitrogens with zero attached hydrogens (tertiary/aromatic N) is 2. The number of imidazole rings is 1. The lowest BCUT2D eigenvalue weighted by molar-refractivity contribution is 0.307. The van der Waals surface area contributed by atoms with Gasteiger partial charge in [0.15, 0.2) is 11.4 Å². The highest BCUT2D eigenvalue weighted by Gasteiger charge is 2.14. The number of benzene rings is 2. The number of ether oxygens (including phenoxy) is 1. The van der Waals surface area contributed by atoms with Gasteiger partial charge in [0.25, 0.3) is 0 Å². The SMILES string of the molecule is CCCCc1ccc(-c2c(C)nc3c(OCc4ccccc4C)cccn23)cc1.Cl. The smallest absolute Gasteiger partial charge is 0.180 e. The fourth-order valence-corrected chi connectivity index (χ4v) is 3.75. The third-order valence-electron chi connectivity index (χ3n) is 5.48. The lowest BCUT2D eigenvalue weighted by Crippen LogP contribution is -1.99. The second-order valence-corrected chi connectivity index (χ2v) is 7.63. The Kier molecular flexibility index (Phi) is 7.17. The molecule has 30 heavy (non-hydrogen) atoms. The summed E-state index contributed by atoms with van der Waals surface area (Å²) in [6, 6.07) is 21.2. The number of aromatic nitrogens is 2. The molecule has 3 nitrogen and oxygen atoms in total. The van der Waals surface area contributed by atoms with Crippen LogP contribution in [-0.4, -0.2) is 9.38 Å². The summed E-state index contributed by atoms with van der Waals surface area (Å²) in [5, 5.41) is 0. The van der Waals surface area contributed by atoms with E-state index in [2.05, 4.69) is 73.8 Å². The Morgan fingerprint density at radius 2 is 1.70 bits per heavy atom. The zero-order valence-corrected chi connectivity index (χ0v) is 18.7. The molecule has 2 heterocycles. The summed E-state index contributed by atoms with van der Waals surface area (Å²) in [7, 11) is 0. The van der Waals surface area contributed by atoms with Crippen molar-refractivity contribution in [2.24, 2.45) is 0 Å². The summed E-state index contributed by atoms with van der Waals surface area (Å²) in [5.41, 5.74) is 8.02. The largest absolute Gasteiger partial charge is 0.485 e. The van der Waals surface area contributed by atoms with Crippen molar-refractivity contribution in [3.05, 3.63) is 89.2 Å². The molecule has 156 valence electrons. The molecule has 4 heteroatoms. The van der Waals surface area contributed by atoms with E-state index in [4.69, 9.17) is 9.72 Å². The molecule has 0 unspecified atom stereocenters. The average Bonchev–Trinajstić information content (AvgIpc) is 3.08. The molecule has 0 saturated carbocycles. The van der Waals surface area contributed by atoms with Crippen LogP contribution in [0.3, 0.4) is 0 Å². The Labute approximate surface area is 185 Å². The zero-order chi connectivity index (χ0) is 20.2. The van der Waals surface area contributed by atoms with Crippen molar-refractivity contribution in [1.29, 1.82) is 0 Å². The second kappa shape index (κ2) is 9.82. The highest BCUT2D eigenvalue weighted by molar-refractivity contribution is 5.85. The fraction of sp³-hybridized carbons (Fsp3) is 0.269. The minimum Gasteiger partial charge on any atom is -0.485 e. The third-order valence-corrected chi connectivity index (χ3v) is 5.48. The van der Waals surface area contributed by atoms with E-state index in [1.54, 1.807) is 0 Å². The third kappa shape index (κ3) is 4.52. The van der Waals surface area contributed by atoms with E-state index >= 15 is 0 Å². The van der Waals surface area contributed by atoms with Crippen LogP contribution in [-0.2, 0) is 13.0 Å². The summed E-state index contributed by atoms with van der Waals surface area (Å²) in [6.07, 6.45) is 5.66. The van der Waals surface area contributed by atoms with Crippen molar-refractivity contribution < 1.29 is 4.74 Å². The topological polar surface area (TPSA) is 26.5 Å². The highest BCUT2D eigenvalue weighted by atomic mass is 35.5. The molecule has 0 amide bonds. The Morgan fingerprint density at radius 3 is 2.43 bits per heavy atom. The van der Waals surface area contributed by atoms with E-state index in [-0.39, 0.29) is 12.4 Å². The van der Waals surface area contributed by atoms with E-state index in [9.17, 15) is 0 Å².